The first kappa shape index (κ1) is 13.9. The molecule has 116 valence electrons. The maximum absolute atomic E-state index is 13.1. The van der Waals surface area contributed by atoms with Crippen LogP contribution < -0.4 is 0 Å². The SMILES string of the molecule is CCCCN1CCc2c(n3c4c(cccc24)CC[C@@H]3C)C1=O. The summed E-state index contributed by atoms with van der Waals surface area (Å²) in [5.41, 5.74) is 5.02. The molecule has 2 aromatic rings. The van der Waals surface area contributed by atoms with Crippen molar-refractivity contribution < 1.29 is 4.79 Å². The zero-order valence-corrected chi connectivity index (χ0v) is 13.6. The van der Waals surface area contributed by atoms with Crippen molar-refractivity contribution in [2.75, 3.05) is 13.1 Å². The number of aryl methyl sites for hydroxylation is 1. The van der Waals surface area contributed by atoms with Gasteiger partial charge in [0.05, 0.1) is 5.52 Å². The van der Waals surface area contributed by atoms with Crippen LogP contribution in [0.15, 0.2) is 18.2 Å². The molecule has 1 atom stereocenters. The summed E-state index contributed by atoms with van der Waals surface area (Å²) in [6.45, 7) is 6.22. The van der Waals surface area contributed by atoms with Crippen LogP contribution in [-0.4, -0.2) is 28.5 Å². The Labute approximate surface area is 131 Å². The Kier molecular flexibility index (Phi) is 3.24. The average molecular weight is 296 g/mol. The highest BCUT2D eigenvalue weighted by Crippen LogP contribution is 2.39. The minimum Gasteiger partial charge on any atom is -0.337 e. The van der Waals surface area contributed by atoms with Crippen LogP contribution in [-0.2, 0) is 12.8 Å². The fraction of sp³-hybridized carbons (Fsp3) is 0.526. The van der Waals surface area contributed by atoms with E-state index in [1.165, 1.54) is 22.0 Å². The molecule has 1 amide bonds. The minimum absolute atomic E-state index is 0.255. The monoisotopic (exact) mass is 296 g/mol. The number of unbranched alkanes of at least 4 members (excludes halogenated alkanes) is 1. The van der Waals surface area contributed by atoms with Crippen LogP contribution in [0.4, 0.5) is 0 Å². The lowest BCUT2D eigenvalue weighted by molar-refractivity contribution is 0.0724. The summed E-state index contributed by atoms with van der Waals surface area (Å²) in [5.74, 6) is 0.255. The number of benzene rings is 1. The maximum Gasteiger partial charge on any atom is 0.270 e. The second-order valence-electron chi connectivity index (χ2n) is 6.79. The van der Waals surface area contributed by atoms with E-state index < -0.39 is 0 Å². The molecule has 0 unspecified atom stereocenters. The summed E-state index contributed by atoms with van der Waals surface area (Å²) >= 11 is 0. The van der Waals surface area contributed by atoms with Crippen molar-refractivity contribution in [2.24, 2.45) is 0 Å². The normalized spacial score (nSPS) is 20.5. The minimum atomic E-state index is 0.255. The Morgan fingerprint density at radius 1 is 1.27 bits per heavy atom. The summed E-state index contributed by atoms with van der Waals surface area (Å²) < 4.78 is 2.35. The third-order valence-corrected chi connectivity index (χ3v) is 5.39. The van der Waals surface area contributed by atoms with Crippen LogP contribution in [0.25, 0.3) is 10.9 Å². The topological polar surface area (TPSA) is 25.2 Å². The van der Waals surface area contributed by atoms with Gasteiger partial charge in [-0.15, -0.1) is 0 Å². The molecule has 3 nitrogen and oxygen atoms in total. The second kappa shape index (κ2) is 5.15. The van der Waals surface area contributed by atoms with E-state index >= 15 is 0 Å². The van der Waals surface area contributed by atoms with Gasteiger partial charge >= 0.3 is 0 Å². The van der Waals surface area contributed by atoms with Gasteiger partial charge in [-0.25, -0.2) is 0 Å². The number of fused-ring (bicyclic) bond motifs is 3. The van der Waals surface area contributed by atoms with Gasteiger partial charge in [-0.05, 0) is 43.7 Å². The van der Waals surface area contributed by atoms with Gasteiger partial charge in [0, 0.05) is 24.5 Å². The molecular weight excluding hydrogens is 272 g/mol. The van der Waals surface area contributed by atoms with Gasteiger partial charge in [0.15, 0.2) is 0 Å². The first-order chi connectivity index (χ1) is 10.7. The van der Waals surface area contributed by atoms with E-state index in [0.29, 0.717) is 6.04 Å². The zero-order valence-electron chi connectivity index (χ0n) is 13.6. The van der Waals surface area contributed by atoms with Crippen LogP contribution in [0.3, 0.4) is 0 Å². The quantitative estimate of drug-likeness (QED) is 0.842. The number of hydrogen-bond donors (Lipinski definition) is 0. The van der Waals surface area contributed by atoms with E-state index in [2.05, 4.69) is 41.5 Å². The summed E-state index contributed by atoms with van der Waals surface area (Å²) in [6.07, 6.45) is 5.51. The Morgan fingerprint density at radius 3 is 2.95 bits per heavy atom. The van der Waals surface area contributed by atoms with E-state index in [4.69, 9.17) is 0 Å². The number of nitrogens with zero attached hydrogens (tertiary/aromatic N) is 2. The lowest BCUT2D eigenvalue weighted by Crippen LogP contribution is -2.39. The molecular formula is C19H24N2O. The van der Waals surface area contributed by atoms with Crippen molar-refractivity contribution in [2.45, 2.75) is 52.0 Å². The van der Waals surface area contributed by atoms with Crippen LogP contribution in [0.5, 0.6) is 0 Å². The van der Waals surface area contributed by atoms with Crippen molar-refractivity contribution >= 4 is 16.8 Å². The molecule has 0 radical (unpaired) electrons. The van der Waals surface area contributed by atoms with Gasteiger partial charge in [0.1, 0.15) is 5.69 Å². The van der Waals surface area contributed by atoms with Gasteiger partial charge < -0.3 is 9.47 Å². The van der Waals surface area contributed by atoms with Gasteiger partial charge in [0.2, 0.25) is 0 Å². The molecule has 0 fully saturated rings. The van der Waals surface area contributed by atoms with Crippen molar-refractivity contribution in [1.29, 1.82) is 0 Å². The first-order valence-corrected chi connectivity index (χ1v) is 8.66. The van der Waals surface area contributed by atoms with Crippen LogP contribution in [0, 0.1) is 0 Å². The molecule has 0 spiro atoms. The van der Waals surface area contributed by atoms with Gasteiger partial charge in [-0.2, -0.15) is 0 Å². The summed E-state index contributed by atoms with van der Waals surface area (Å²) in [4.78, 5) is 15.1. The van der Waals surface area contributed by atoms with E-state index in [-0.39, 0.29) is 5.91 Å². The largest absolute Gasteiger partial charge is 0.337 e. The molecule has 4 rings (SSSR count). The number of aromatic nitrogens is 1. The highest BCUT2D eigenvalue weighted by molar-refractivity contribution is 6.04. The van der Waals surface area contributed by atoms with Crippen molar-refractivity contribution in [3.63, 3.8) is 0 Å². The third-order valence-electron chi connectivity index (χ3n) is 5.39. The lowest BCUT2D eigenvalue weighted by atomic mass is 9.98. The number of rotatable bonds is 3. The molecule has 0 saturated carbocycles. The Morgan fingerprint density at radius 2 is 2.14 bits per heavy atom. The summed E-state index contributed by atoms with van der Waals surface area (Å²) in [6, 6.07) is 7.03. The molecule has 2 aliphatic heterocycles. The van der Waals surface area contributed by atoms with E-state index in [1.54, 1.807) is 0 Å². The molecule has 3 heterocycles. The lowest BCUT2D eigenvalue weighted by Gasteiger charge is -2.30. The Bertz CT molecular complexity index is 743. The standard InChI is InChI=1S/C19H24N2O/c1-3-4-11-20-12-10-16-15-7-5-6-14-9-8-13(2)21(17(14)15)18(16)19(20)22/h5-7,13H,3-4,8-12H2,1-2H3/t13-/m0/s1. The number of amides is 1. The Hall–Kier alpha value is -1.77. The highest BCUT2D eigenvalue weighted by atomic mass is 16.2. The molecule has 3 heteroatoms. The van der Waals surface area contributed by atoms with Crippen LogP contribution in [0.1, 0.15) is 60.8 Å². The van der Waals surface area contributed by atoms with E-state index in [0.717, 1.165) is 50.9 Å². The second-order valence-corrected chi connectivity index (χ2v) is 6.79. The zero-order chi connectivity index (χ0) is 15.3. The smallest absolute Gasteiger partial charge is 0.270 e. The molecule has 0 N–H and O–H groups in total. The molecule has 1 aromatic heterocycles. The molecule has 2 aliphatic rings. The fourth-order valence-electron chi connectivity index (χ4n) is 4.19. The predicted octanol–water partition coefficient (Wildman–Crippen LogP) is 3.95. The number of para-hydroxylation sites is 1. The highest BCUT2D eigenvalue weighted by Gasteiger charge is 2.34. The summed E-state index contributed by atoms with van der Waals surface area (Å²) in [7, 11) is 0. The van der Waals surface area contributed by atoms with Crippen molar-refractivity contribution in [3.8, 4) is 0 Å². The van der Waals surface area contributed by atoms with Gasteiger partial charge in [-0.3, -0.25) is 4.79 Å². The van der Waals surface area contributed by atoms with Crippen LogP contribution in [0.2, 0.25) is 0 Å². The molecule has 0 saturated heterocycles. The third kappa shape index (κ3) is 1.84. The number of hydrogen-bond acceptors (Lipinski definition) is 1. The first-order valence-electron chi connectivity index (χ1n) is 8.66. The van der Waals surface area contributed by atoms with E-state index in [9.17, 15) is 4.79 Å². The molecule has 1 aromatic carbocycles. The molecule has 0 bridgehead atoms. The van der Waals surface area contributed by atoms with Crippen molar-refractivity contribution in [3.05, 3.63) is 35.0 Å². The summed E-state index contributed by atoms with van der Waals surface area (Å²) in [5, 5.41) is 1.32. The maximum atomic E-state index is 13.1. The van der Waals surface area contributed by atoms with Crippen molar-refractivity contribution in [1.82, 2.24) is 9.47 Å². The fourth-order valence-corrected chi connectivity index (χ4v) is 4.19. The predicted molar refractivity (Wildman–Crippen MR) is 89.5 cm³/mol. The molecule has 22 heavy (non-hydrogen) atoms. The Balaban J connectivity index is 1.90. The molecule has 0 aliphatic carbocycles. The number of carbonyl (C=O) groups excluding carboxylic acids is 1. The van der Waals surface area contributed by atoms with E-state index in [1.807, 2.05) is 0 Å². The van der Waals surface area contributed by atoms with Crippen LogP contribution >= 0.6 is 0 Å². The number of carbonyl (C=O) groups is 1. The van der Waals surface area contributed by atoms with Gasteiger partial charge in [-0.1, -0.05) is 31.5 Å². The van der Waals surface area contributed by atoms with Gasteiger partial charge in [0.25, 0.3) is 5.91 Å². The average Bonchev–Trinajstić information content (AvgIpc) is 2.88.